The zero-order chi connectivity index (χ0) is 14.5. The molecule has 3 N–H and O–H groups in total. The smallest absolute Gasteiger partial charge is 0.230 e. The fourth-order valence-corrected chi connectivity index (χ4v) is 2.58. The van der Waals surface area contributed by atoms with Gasteiger partial charge in [-0.15, -0.1) is 11.8 Å². The van der Waals surface area contributed by atoms with Crippen molar-refractivity contribution < 1.29 is 9.21 Å². The second-order valence-corrected chi connectivity index (χ2v) is 5.66. The number of nitrogens with one attached hydrogen (secondary N) is 1. The Hall–Kier alpha value is -1.88. The Morgan fingerprint density at radius 3 is 2.90 bits per heavy atom. The Morgan fingerprint density at radius 1 is 1.45 bits per heavy atom. The zero-order valence-electron chi connectivity index (χ0n) is 11.6. The Balaban J connectivity index is 1.84. The van der Waals surface area contributed by atoms with Gasteiger partial charge in [-0.05, 0) is 49.7 Å². The first kappa shape index (κ1) is 14.5. The molecule has 2 rings (SSSR count). The summed E-state index contributed by atoms with van der Waals surface area (Å²) in [5, 5.41) is 2.90. The van der Waals surface area contributed by atoms with Gasteiger partial charge in [-0.2, -0.15) is 0 Å². The minimum atomic E-state index is -0.119. The SMILES string of the molecule is Cc1cc(SCC(=O)NC(C)c2ccco2)ccc1N. The van der Waals surface area contributed by atoms with Gasteiger partial charge in [0.1, 0.15) is 5.76 Å². The van der Waals surface area contributed by atoms with Crippen LogP contribution in [0.1, 0.15) is 24.3 Å². The van der Waals surface area contributed by atoms with Crippen LogP contribution in [0, 0.1) is 6.92 Å². The number of amides is 1. The van der Waals surface area contributed by atoms with E-state index < -0.39 is 0 Å². The molecule has 0 radical (unpaired) electrons. The molecule has 0 aliphatic carbocycles. The van der Waals surface area contributed by atoms with E-state index in [9.17, 15) is 4.79 Å². The molecule has 2 aromatic rings. The molecule has 1 unspecified atom stereocenters. The minimum absolute atomic E-state index is 0.0200. The first-order chi connectivity index (χ1) is 9.56. The molecular formula is C15H18N2O2S. The quantitative estimate of drug-likeness (QED) is 0.655. The number of hydrogen-bond acceptors (Lipinski definition) is 4. The largest absolute Gasteiger partial charge is 0.467 e. The topological polar surface area (TPSA) is 68.3 Å². The van der Waals surface area contributed by atoms with Gasteiger partial charge < -0.3 is 15.5 Å². The highest BCUT2D eigenvalue weighted by Crippen LogP contribution is 2.22. The van der Waals surface area contributed by atoms with Crippen molar-refractivity contribution in [3.8, 4) is 0 Å². The van der Waals surface area contributed by atoms with Crippen molar-refractivity contribution in [2.75, 3.05) is 11.5 Å². The average Bonchev–Trinajstić information content (AvgIpc) is 2.94. The van der Waals surface area contributed by atoms with Crippen molar-refractivity contribution in [1.82, 2.24) is 5.32 Å². The summed E-state index contributed by atoms with van der Waals surface area (Å²) in [6, 6.07) is 9.32. The van der Waals surface area contributed by atoms with Gasteiger partial charge in [0.05, 0.1) is 18.1 Å². The molecule has 0 aliphatic heterocycles. The van der Waals surface area contributed by atoms with Crippen molar-refractivity contribution in [2.45, 2.75) is 24.8 Å². The molecule has 1 aromatic heterocycles. The van der Waals surface area contributed by atoms with Gasteiger partial charge in [0, 0.05) is 10.6 Å². The first-order valence-corrected chi connectivity index (χ1v) is 7.36. The number of furan rings is 1. The number of rotatable bonds is 5. The monoisotopic (exact) mass is 290 g/mol. The van der Waals surface area contributed by atoms with E-state index in [-0.39, 0.29) is 11.9 Å². The molecule has 0 saturated heterocycles. The van der Waals surface area contributed by atoms with E-state index in [0.29, 0.717) is 5.75 Å². The normalized spacial score (nSPS) is 12.1. The Morgan fingerprint density at radius 2 is 2.25 bits per heavy atom. The van der Waals surface area contributed by atoms with Crippen LogP contribution in [0.5, 0.6) is 0 Å². The fourth-order valence-electron chi connectivity index (χ4n) is 1.78. The van der Waals surface area contributed by atoms with Gasteiger partial charge in [0.15, 0.2) is 0 Å². The van der Waals surface area contributed by atoms with Crippen LogP contribution in [0.3, 0.4) is 0 Å². The zero-order valence-corrected chi connectivity index (χ0v) is 12.4. The maximum Gasteiger partial charge on any atom is 0.230 e. The summed E-state index contributed by atoms with van der Waals surface area (Å²) in [7, 11) is 0. The molecule has 0 aliphatic rings. The lowest BCUT2D eigenvalue weighted by molar-refractivity contribution is -0.119. The molecule has 1 atom stereocenters. The lowest BCUT2D eigenvalue weighted by Gasteiger charge is -2.11. The summed E-state index contributed by atoms with van der Waals surface area (Å²) in [5.41, 5.74) is 7.56. The van der Waals surface area contributed by atoms with Crippen molar-refractivity contribution in [1.29, 1.82) is 0 Å². The van der Waals surface area contributed by atoms with Crippen molar-refractivity contribution in [3.63, 3.8) is 0 Å². The molecule has 5 heteroatoms. The summed E-state index contributed by atoms with van der Waals surface area (Å²) < 4.78 is 5.25. The molecule has 4 nitrogen and oxygen atoms in total. The standard InChI is InChI=1S/C15H18N2O2S/c1-10-8-12(5-6-13(10)16)20-9-15(18)17-11(2)14-4-3-7-19-14/h3-8,11H,9,16H2,1-2H3,(H,17,18). The van der Waals surface area contributed by atoms with Gasteiger partial charge >= 0.3 is 0 Å². The van der Waals surface area contributed by atoms with E-state index in [1.165, 1.54) is 11.8 Å². The van der Waals surface area contributed by atoms with Crippen LogP contribution in [0.25, 0.3) is 0 Å². The van der Waals surface area contributed by atoms with Crippen molar-refractivity contribution in [2.24, 2.45) is 0 Å². The van der Waals surface area contributed by atoms with Crippen molar-refractivity contribution >= 4 is 23.4 Å². The molecule has 0 saturated carbocycles. The predicted octanol–water partition coefficient (Wildman–Crippen LogP) is 3.14. The van der Waals surface area contributed by atoms with E-state index in [1.807, 2.05) is 44.2 Å². The third-order valence-electron chi connectivity index (χ3n) is 2.96. The second kappa shape index (κ2) is 6.52. The molecule has 1 amide bonds. The number of carbonyl (C=O) groups excluding carboxylic acids is 1. The summed E-state index contributed by atoms with van der Waals surface area (Å²) in [4.78, 5) is 12.9. The molecule has 1 heterocycles. The number of aryl methyl sites for hydroxylation is 1. The summed E-state index contributed by atoms with van der Waals surface area (Å²) >= 11 is 1.49. The minimum Gasteiger partial charge on any atom is -0.467 e. The van der Waals surface area contributed by atoms with E-state index >= 15 is 0 Å². The van der Waals surface area contributed by atoms with Gasteiger partial charge in [0.25, 0.3) is 0 Å². The number of thioether (sulfide) groups is 1. The highest BCUT2D eigenvalue weighted by atomic mass is 32.2. The summed E-state index contributed by atoms with van der Waals surface area (Å²) in [5.74, 6) is 1.11. The van der Waals surface area contributed by atoms with Crippen LogP contribution >= 0.6 is 11.8 Å². The molecule has 0 fully saturated rings. The van der Waals surface area contributed by atoms with Gasteiger partial charge in [-0.25, -0.2) is 0 Å². The summed E-state index contributed by atoms with van der Waals surface area (Å²) in [6.07, 6.45) is 1.60. The number of hydrogen-bond donors (Lipinski definition) is 2. The highest BCUT2D eigenvalue weighted by molar-refractivity contribution is 8.00. The first-order valence-electron chi connectivity index (χ1n) is 6.38. The Labute approximate surface area is 122 Å². The maximum atomic E-state index is 11.9. The van der Waals surface area contributed by atoms with Crippen LogP contribution < -0.4 is 11.1 Å². The number of benzene rings is 1. The molecular weight excluding hydrogens is 272 g/mol. The van der Waals surface area contributed by atoms with Gasteiger partial charge in [-0.3, -0.25) is 4.79 Å². The molecule has 0 spiro atoms. The number of nitrogens with two attached hydrogens (primary N) is 1. The van der Waals surface area contributed by atoms with Gasteiger partial charge in [-0.1, -0.05) is 0 Å². The Kier molecular flexibility index (Phi) is 4.74. The van der Waals surface area contributed by atoms with Crippen molar-refractivity contribution in [3.05, 3.63) is 47.9 Å². The lowest BCUT2D eigenvalue weighted by atomic mass is 10.2. The number of carbonyl (C=O) groups is 1. The lowest BCUT2D eigenvalue weighted by Crippen LogP contribution is -2.27. The third-order valence-corrected chi connectivity index (χ3v) is 3.95. The highest BCUT2D eigenvalue weighted by Gasteiger charge is 2.12. The van der Waals surface area contributed by atoms with E-state index in [0.717, 1.165) is 21.9 Å². The average molecular weight is 290 g/mol. The number of nitrogen functional groups attached to an aromatic ring is 1. The van der Waals surface area contributed by atoms with Gasteiger partial charge in [0.2, 0.25) is 5.91 Å². The van der Waals surface area contributed by atoms with E-state index in [4.69, 9.17) is 10.2 Å². The van der Waals surface area contributed by atoms with Crippen LogP contribution in [-0.2, 0) is 4.79 Å². The summed E-state index contributed by atoms with van der Waals surface area (Å²) in [6.45, 7) is 3.85. The molecule has 106 valence electrons. The van der Waals surface area contributed by atoms with E-state index in [2.05, 4.69) is 5.32 Å². The number of anilines is 1. The second-order valence-electron chi connectivity index (χ2n) is 4.61. The molecule has 20 heavy (non-hydrogen) atoms. The van der Waals surface area contributed by atoms with E-state index in [1.54, 1.807) is 6.26 Å². The van der Waals surface area contributed by atoms with Crippen LogP contribution in [-0.4, -0.2) is 11.7 Å². The predicted molar refractivity (Wildman–Crippen MR) is 81.6 cm³/mol. The van der Waals surface area contributed by atoms with Crippen LogP contribution in [0.2, 0.25) is 0 Å². The Bertz CT molecular complexity index is 582. The molecule has 1 aromatic carbocycles. The third kappa shape index (κ3) is 3.81. The maximum absolute atomic E-state index is 11.9. The van der Waals surface area contributed by atoms with Crippen LogP contribution in [0.15, 0.2) is 45.9 Å². The van der Waals surface area contributed by atoms with Crippen LogP contribution in [0.4, 0.5) is 5.69 Å². The fraction of sp³-hybridized carbons (Fsp3) is 0.267. The molecule has 0 bridgehead atoms.